The molecule has 0 aliphatic carbocycles. The summed E-state index contributed by atoms with van der Waals surface area (Å²) in [7, 11) is 1.99. The van der Waals surface area contributed by atoms with Gasteiger partial charge in [0.25, 0.3) is 0 Å². The van der Waals surface area contributed by atoms with Gasteiger partial charge in [-0.05, 0) is 0 Å². The first-order chi connectivity index (χ1) is 3.29. The molecule has 0 radical (unpaired) electrons. The summed E-state index contributed by atoms with van der Waals surface area (Å²) in [6, 6.07) is 0. The molecule has 2 heteroatoms. The molecule has 0 saturated heterocycles. The first-order valence-corrected chi connectivity index (χ1v) is 2.54. The minimum absolute atomic E-state index is 0.657. The molecule has 0 amide bonds. The van der Waals surface area contributed by atoms with Gasteiger partial charge < -0.3 is 0 Å². The van der Waals surface area contributed by atoms with Crippen LogP contribution in [0, 0.1) is 5.92 Å². The molecule has 1 aliphatic rings. The third-order valence-corrected chi connectivity index (χ3v) is 1.07. The Morgan fingerprint density at radius 1 is 1.86 bits per heavy atom. The summed E-state index contributed by atoms with van der Waals surface area (Å²) in [6.07, 6.45) is 1.97. The van der Waals surface area contributed by atoms with Gasteiger partial charge in [-0.15, -0.1) is 0 Å². The van der Waals surface area contributed by atoms with Crippen LogP contribution >= 0.6 is 0 Å². The molecular formula is C5H10N2. The Hall–Kier alpha value is -0.530. The van der Waals surface area contributed by atoms with Gasteiger partial charge >= 0.3 is 0 Å². The Balaban J connectivity index is 2.42. The van der Waals surface area contributed by atoms with Crippen LogP contribution in [0.1, 0.15) is 6.92 Å². The van der Waals surface area contributed by atoms with Crippen molar-refractivity contribution in [2.75, 3.05) is 13.6 Å². The summed E-state index contributed by atoms with van der Waals surface area (Å²) >= 11 is 0. The van der Waals surface area contributed by atoms with E-state index in [0.29, 0.717) is 5.92 Å². The molecule has 0 bridgehead atoms. The predicted molar refractivity (Wildman–Crippen MR) is 30.3 cm³/mol. The molecular weight excluding hydrogens is 88.1 g/mol. The van der Waals surface area contributed by atoms with E-state index in [4.69, 9.17) is 0 Å². The molecule has 0 fully saturated rings. The SMILES string of the molecule is C[C@H]1C=NN(C)C1. The van der Waals surface area contributed by atoms with Crippen molar-refractivity contribution in [3.63, 3.8) is 0 Å². The Morgan fingerprint density at radius 3 is 2.71 bits per heavy atom. The lowest BCUT2D eigenvalue weighted by molar-refractivity contribution is 0.368. The molecule has 0 N–H and O–H groups in total. The Morgan fingerprint density at radius 2 is 2.57 bits per heavy atom. The van der Waals surface area contributed by atoms with Crippen LogP contribution in [0.25, 0.3) is 0 Å². The molecule has 1 atom stereocenters. The van der Waals surface area contributed by atoms with E-state index >= 15 is 0 Å². The quantitative estimate of drug-likeness (QED) is 0.432. The van der Waals surface area contributed by atoms with E-state index in [1.165, 1.54) is 0 Å². The number of hydrogen-bond donors (Lipinski definition) is 0. The summed E-state index contributed by atoms with van der Waals surface area (Å²) < 4.78 is 0. The molecule has 7 heavy (non-hydrogen) atoms. The molecule has 0 saturated carbocycles. The van der Waals surface area contributed by atoms with Crippen molar-refractivity contribution in [3.8, 4) is 0 Å². The highest BCUT2D eigenvalue weighted by atomic mass is 15.4. The van der Waals surface area contributed by atoms with Crippen LogP contribution < -0.4 is 0 Å². The maximum absolute atomic E-state index is 4.03. The molecule has 0 spiro atoms. The summed E-state index contributed by atoms with van der Waals surface area (Å²) in [5.74, 6) is 0.657. The topological polar surface area (TPSA) is 15.6 Å². The van der Waals surface area contributed by atoms with Gasteiger partial charge in [0.05, 0.1) is 0 Å². The van der Waals surface area contributed by atoms with Gasteiger partial charge in [-0.2, -0.15) is 5.10 Å². The second kappa shape index (κ2) is 1.52. The molecule has 0 aromatic rings. The Kier molecular flexibility index (Phi) is 1.01. The number of hydrazone groups is 1. The first-order valence-electron chi connectivity index (χ1n) is 2.54. The van der Waals surface area contributed by atoms with Gasteiger partial charge in [-0.25, -0.2) is 0 Å². The van der Waals surface area contributed by atoms with Crippen LogP contribution in [0.3, 0.4) is 0 Å². The largest absolute Gasteiger partial charge is 0.300 e. The van der Waals surface area contributed by atoms with Gasteiger partial charge in [0.2, 0.25) is 0 Å². The fourth-order valence-corrected chi connectivity index (χ4v) is 0.739. The first kappa shape index (κ1) is 4.62. The van der Waals surface area contributed by atoms with Crippen molar-refractivity contribution in [1.82, 2.24) is 5.01 Å². The van der Waals surface area contributed by atoms with Crippen LogP contribution in [0.15, 0.2) is 5.10 Å². The highest BCUT2D eigenvalue weighted by molar-refractivity contribution is 5.61. The maximum Gasteiger partial charge on any atom is 0.0432 e. The van der Waals surface area contributed by atoms with Crippen molar-refractivity contribution in [3.05, 3.63) is 0 Å². The van der Waals surface area contributed by atoms with Crippen LogP contribution in [0.2, 0.25) is 0 Å². The third-order valence-electron chi connectivity index (χ3n) is 1.07. The minimum Gasteiger partial charge on any atom is -0.300 e. The molecule has 0 aromatic carbocycles. The monoisotopic (exact) mass is 98.1 g/mol. The van der Waals surface area contributed by atoms with Crippen LogP contribution in [0.4, 0.5) is 0 Å². The van der Waals surface area contributed by atoms with E-state index in [-0.39, 0.29) is 0 Å². The minimum atomic E-state index is 0.657. The number of nitrogens with zero attached hydrogens (tertiary/aromatic N) is 2. The summed E-state index contributed by atoms with van der Waals surface area (Å²) in [6.45, 7) is 3.24. The van der Waals surface area contributed by atoms with Crippen LogP contribution in [-0.2, 0) is 0 Å². The normalized spacial score (nSPS) is 29.4. The molecule has 0 unspecified atom stereocenters. The predicted octanol–water partition coefficient (Wildman–Crippen LogP) is 0.554. The highest BCUT2D eigenvalue weighted by Gasteiger charge is 2.06. The molecule has 2 nitrogen and oxygen atoms in total. The maximum atomic E-state index is 4.03. The Bertz CT molecular complexity index is 78.1. The molecule has 1 heterocycles. The van der Waals surface area contributed by atoms with Crippen molar-refractivity contribution in [2.45, 2.75) is 6.92 Å². The zero-order chi connectivity index (χ0) is 5.28. The molecule has 0 aromatic heterocycles. The van der Waals surface area contributed by atoms with E-state index in [9.17, 15) is 0 Å². The Labute approximate surface area is 43.8 Å². The van der Waals surface area contributed by atoms with Crippen molar-refractivity contribution >= 4 is 6.21 Å². The van der Waals surface area contributed by atoms with Crippen LogP contribution in [-0.4, -0.2) is 24.8 Å². The smallest absolute Gasteiger partial charge is 0.0432 e. The molecule has 1 aliphatic heterocycles. The zero-order valence-electron chi connectivity index (χ0n) is 4.76. The van der Waals surface area contributed by atoms with Crippen molar-refractivity contribution < 1.29 is 0 Å². The fourth-order valence-electron chi connectivity index (χ4n) is 0.739. The lowest BCUT2D eigenvalue weighted by Crippen LogP contribution is -2.10. The van der Waals surface area contributed by atoms with Crippen LogP contribution in [0.5, 0.6) is 0 Å². The van der Waals surface area contributed by atoms with Gasteiger partial charge in [0, 0.05) is 25.7 Å². The average Bonchev–Trinajstić information content (AvgIpc) is 1.87. The summed E-state index contributed by atoms with van der Waals surface area (Å²) in [5.41, 5.74) is 0. The summed E-state index contributed by atoms with van der Waals surface area (Å²) in [4.78, 5) is 0. The van der Waals surface area contributed by atoms with Gasteiger partial charge in [-0.1, -0.05) is 6.92 Å². The van der Waals surface area contributed by atoms with E-state index in [0.717, 1.165) is 6.54 Å². The summed E-state index contributed by atoms with van der Waals surface area (Å²) in [5, 5.41) is 5.97. The van der Waals surface area contributed by atoms with Crippen molar-refractivity contribution in [1.29, 1.82) is 0 Å². The number of hydrogen-bond acceptors (Lipinski definition) is 2. The third kappa shape index (κ3) is 0.918. The second-order valence-electron chi connectivity index (χ2n) is 2.08. The highest BCUT2D eigenvalue weighted by Crippen LogP contribution is 2.01. The van der Waals surface area contributed by atoms with E-state index in [1.54, 1.807) is 0 Å². The molecule has 1 rings (SSSR count). The standard InChI is InChI=1S/C5H10N2/c1-5-3-6-7(2)4-5/h3,5H,4H2,1-2H3/t5-/m0/s1. The van der Waals surface area contributed by atoms with Crippen molar-refractivity contribution in [2.24, 2.45) is 11.0 Å². The fraction of sp³-hybridized carbons (Fsp3) is 0.800. The lowest BCUT2D eigenvalue weighted by Gasteiger charge is -2.03. The van der Waals surface area contributed by atoms with E-state index < -0.39 is 0 Å². The number of rotatable bonds is 0. The van der Waals surface area contributed by atoms with Gasteiger partial charge in [0.15, 0.2) is 0 Å². The molecule has 40 valence electrons. The zero-order valence-corrected chi connectivity index (χ0v) is 4.76. The van der Waals surface area contributed by atoms with E-state index in [1.807, 2.05) is 18.3 Å². The lowest BCUT2D eigenvalue weighted by atomic mass is 10.2. The van der Waals surface area contributed by atoms with Gasteiger partial charge in [-0.3, -0.25) is 5.01 Å². The second-order valence-corrected chi connectivity index (χ2v) is 2.08. The van der Waals surface area contributed by atoms with E-state index in [2.05, 4.69) is 12.0 Å². The van der Waals surface area contributed by atoms with Gasteiger partial charge in [0.1, 0.15) is 0 Å². The average molecular weight is 98.1 g/mol.